The number of nitriles is 1. The van der Waals surface area contributed by atoms with E-state index in [1.807, 2.05) is 25.1 Å². The van der Waals surface area contributed by atoms with Crippen LogP contribution in [0.3, 0.4) is 0 Å². The van der Waals surface area contributed by atoms with Gasteiger partial charge in [-0.2, -0.15) is 5.26 Å². The van der Waals surface area contributed by atoms with Crippen LogP contribution in [0.5, 0.6) is 0 Å². The SMILES string of the molecule is CN(C)CCn1c(=O)oc2ccc(-c3ccc(C[C@@H](C#N)NC(=O)C(C)(N)C4CCC4)c(F)c3)cc21. The quantitative estimate of drug-likeness (QED) is 0.473. The lowest BCUT2D eigenvalue weighted by atomic mass is 9.71. The number of likely N-dealkylation sites (N-methyl/N-ethyl adjacent to an activating group) is 1. The summed E-state index contributed by atoms with van der Waals surface area (Å²) < 4.78 is 22.0. The maximum Gasteiger partial charge on any atom is 0.419 e. The molecule has 3 aromatic rings. The van der Waals surface area contributed by atoms with E-state index < -0.39 is 23.2 Å². The standard InChI is InChI=1S/C27H32FN5O3/c1-27(30,20-5-4-6-20)25(34)31-21(16-29)13-19-8-7-17(14-22(19)28)18-9-10-24-23(15-18)33(26(35)36-24)12-11-32(2)3/h7-10,14-15,20-21H,4-6,11-13,30H2,1-3H3,(H,31,34)/t21-,27?/m0/s1. The van der Waals surface area contributed by atoms with Gasteiger partial charge in [0.25, 0.3) is 0 Å². The molecule has 0 radical (unpaired) electrons. The van der Waals surface area contributed by atoms with Gasteiger partial charge in [-0.25, -0.2) is 9.18 Å². The molecule has 0 aliphatic heterocycles. The van der Waals surface area contributed by atoms with Crippen LogP contribution < -0.4 is 16.8 Å². The van der Waals surface area contributed by atoms with Crippen molar-refractivity contribution in [3.63, 3.8) is 0 Å². The zero-order chi connectivity index (χ0) is 26.0. The molecule has 1 saturated carbocycles. The second kappa shape index (κ2) is 10.2. The van der Waals surface area contributed by atoms with Crippen molar-refractivity contribution in [2.24, 2.45) is 11.7 Å². The van der Waals surface area contributed by atoms with E-state index in [0.29, 0.717) is 35.3 Å². The fourth-order valence-corrected chi connectivity index (χ4v) is 4.50. The zero-order valence-corrected chi connectivity index (χ0v) is 20.9. The van der Waals surface area contributed by atoms with Crippen LogP contribution in [0.2, 0.25) is 0 Å². The van der Waals surface area contributed by atoms with Gasteiger partial charge in [0.05, 0.1) is 17.1 Å². The molecule has 1 unspecified atom stereocenters. The molecule has 2 aromatic carbocycles. The molecule has 3 N–H and O–H groups in total. The Labute approximate surface area is 209 Å². The number of nitrogens with two attached hydrogens (primary N) is 1. The molecule has 2 atom stereocenters. The van der Waals surface area contributed by atoms with Crippen LogP contribution >= 0.6 is 0 Å². The molecule has 1 aromatic heterocycles. The summed E-state index contributed by atoms with van der Waals surface area (Å²) in [4.78, 5) is 26.9. The Morgan fingerprint density at radius 3 is 2.61 bits per heavy atom. The monoisotopic (exact) mass is 493 g/mol. The van der Waals surface area contributed by atoms with E-state index in [1.165, 1.54) is 6.07 Å². The predicted molar refractivity (Wildman–Crippen MR) is 136 cm³/mol. The molecule has 190 valence electrons. The van der Waals surface area contributed by atoms with Crippen LogP contribution in [0.4, 0.5) is 4.39 Å². The Morgan fingerprint density at radius 1 is 1.31 bits per heavy atom. The minimum atomic E-state index is -1.05. The van der Waals surface area contributed by atoms with Crippen LogP contribution in [-0.4, -0.2) is 47.6 Å². The summed E-state index contributed by atoms with van der Waals surface area (Å²) in [6, 6.07) is 11.2. The summed E-state index contributed by atoms with van der Waals surface area (Å²) in [6.07, 6.45) is 2.86. The number of fused-ring (bicyclic) bond motifs is 1. The number of amides is 1. The van der Waals surface area contributed by atoms with E-state index in [4.69, 9.17) is 10.2 Å². The minimum Gasteiger partial charge on any atom is -0.408 e. The van der Waals surface area contributed by atoms with Crippen molar-refractivity contribution < 1.29 is 13.6 Å². The number of nitrogens with one attached hydrogen (secondary N) is 1. The van der Waals surface area contributed by atoms with E-state index in [0.717, 1.165) is 24.8 Å². The largest absolute Gasteiger partial charge is 0.419 e. The molecule has 1 aliphatic rings. The van der Waals surface area contributed by atoms with Gasteiger partial charge in [-0.1, -0.05) is 24.6 Å². The second-order valence-electron chi connectivity index (χ2n) is 10.1. The molecular formula is C27H32FN5O3. The lowest BCUT2D eigenvalue weighted by molar-refractivity contribution is -0.129. The van der Waals surface area contributed by atoms with Gasteiger partial charge in [0.15, 0.2) is 5.58 Å². The Balaban J connectivity index is 1.52. The highest BCUT2D eigenvalue weighted by Gasteiger charge is 2.41. The first-order valence-corrected chi connectivity index (χ1v) is 12.2. The number of carbonyl (C=O) groups is 1. The third kappa shape index (κ3) is 5.20. The maximum atomic E-state index is 15.1. The molecule has 1 fully saturated rings. The minimum absolute atomic E-state index is 0.0277. The predicted octanol–water partition coefficient (Wildman–Crippen LogP) is 3.03. The molecule has 8 nitrogen and oxygen atoms in total. The van der Waals surface area contributed by atoms with Crippen LogP contribution in [0.1, 0.15) is 31.7 Å². The smallest absolute Gasteiger partial charge is 0.408 e. The summed E-state index contributed by atoms with van der Waals surface area (Å²) >= 11 is 0. The highest BCUT2D eigenvalue weighted by atomic mass is 19.1. The normalized spacial score (nSPS) is 16.4. The topological polar surface area (TPSA) is 117 Å². The fraction of sp³-hybridized carbons (Fsp3) is 0.444. The third-order valence-corrected chi connectivity index (χ3v) is 7.15. The van der Waals surface area contributed by atoms with Gasteiger partial charge < -0.3 is 20.4 Å². The van der Waals surface area contributed by atoms with E-state index in [2.05, 4.69) is 11.4 Å². The van der Waals surface area contributed by atoms with Crippen LogP contribution in [-0.2, 0) is 17.8 Å². The van der Waals surface area contributed by atoms with Crippen LogP contribution in [0.15, 0.2) is 45.6 Å². The summed E-state index contributed by atoms with van der Waals surface area (Å²) in [5.41, 5.74) is 7.99. The molecule has 1 heterocycles. The highest BCUT2D eigenvalue weighted by molar-refractivity contribution is 5.86. The number of hydrogen-bond acceptors (Lipinski definition) is 6. The number of halogens is 1. The summed E-state index contributed by atoms with van der Waals surface area (Å²) in [5.74, 6) is -1.20. The second-order valence-corrected chi connectivity index (χ2v) is 10.1. The Kier molecular flexibility index (Phi) is 7.29. The first-order valence-electron chi connectivity index (χ1n) is 12.2. The molecule has 0 saturated heterocycles. The Hall–Kier alpha value is -3.48. The summed E-state index contributed by atoms with van der Waals surface area (Å²) in [5, 5.41) is 12.3. The molecule has 0 spiro atoms. The molecule has 1 amide bonds. The van der Waals surface area contributed by atoms with E-state index in [1.54, 1.807) is 35.8 Å². The molecular weight excluding hydrogens is 461 g/mol. The molecule has 9 heteroatoms. The van der Waals surface area contributed by atoms with Crippen molar-refractivity contribution in [2.75, 3.05) is 20.6 Å². The number of aromatic nitrogens is 1. The average Bonchev–Trinajstić information content (AvgIpc) is 3.10. The highest BCUT2D eigenvalue weighted by Crippen LogP contribution is 2.35. The van der Waals surface area contributed by atoms with Crippen molar-refractivity contribution in [2.45, 2.75) is 50.7 Å². The van der Waals surface area contributed by atoms with Crippen LogP contribution in [0, 0.1) is 23.1 Å². The van der Waals surface area contributed by atoms with Crippen LogP contribution in [0.25, 0.3) is 22.2 Å². The van der Waals surface area contributed by atoms with Gasteiger partial charge in [-0.15, -0.1) is 0 Å². The molecule has 36 heavy (non-hydrogen) atoms. The number of nitrogens with zero attached hydrogens (tertiary/aromatic N) is 3. The number of hydrogen-bond donors (Lipinski definition) is 2. The Bertz CT molecular complexity index is 1360. The van der Waals surface area contributed by atoms with Gasteiger partial charge in [-0.05, 0) is 74.7 Å². The van der Waals surface area contributed by atoms with Crippen molar-refractivity contribution in [1.29, 1.82) is 5.26 Å². The van der Waals surface area contributed by atoms with Gasteiger partial charge in [0.2, 0.25) is 5.91 Å². The Morgan fingerprint density at radius 2 is 2.00 bits per heavy atom. The van der Waals surface area contributed by atoms with Crippen molar-refractivity contribution in [1.82, 2.24) is 14.8 Å². The number of oxazole rings is 1. The van der Waals surface area contributed by atoms with Gasteiger partial charge in [0.1, 0.15) is 11.9 Å². The first kappa shape index (κ1) is 25.6. The summed E-state index contributed by atoms with van der Waals surface area (Å²) in [6.45, 7) is 2.83. The average molecular weight is 494 g/mol. The number of benzene rings is 2. The first-order chi connectivity index (χ1) is 17.1. The maximum absolute atomic E-state index is 15.1. The van der Waals surface area contributed by atoms with Gasteiger partial charge >= 0.3 is 5.76 Å². The number of carbonyl (C=O) groups excluding carboxylic acids is 1. The summed E-state index contributed by atoms with van der Waals surface area (Å²) in [7, 11) is 3.85. The van der Waals surface area contributed by atoms with Gasteiger partial charge in [-0.3, -0.25) is 9.36 Å². The van der Waals surface area contributed by atoms with Crippen molar-refractivity contribution >= 4 is 17.0 Å². The molecule has 4 rings (SSSR count). The van der Waals surface area contributed by atoms with E-state index >= 15 is 4.39 Å². The van der Waals surface area contributed by atoms with Crippen molar-refractivity contribution in [3.8, 4) is 17.2 Å². The van der Waals surface area contributed by atoms with E-state index in [-0.39, 0.29) is 18.2 Å². The molecule has 0 bridgehead atoms. The lowest BCUT2D eigenvalue weighted by Gasteiger charge is -2.39. The van der Waals surface area contributed by atoms with Crippen molar-refractivity contribution in [3.05, 3.63) is 58.3 Å². The molecule has 1 aliphatic carbocycles. The van der Waals surface area contributed by atoms with Gasteiger partial charge in [0, 0.05) is 19.5 Å². The zero-order valence-electron chi connectivity index (χ0n) is 20.9. The third-order valence-electron chi connectivity index (χ3n) is 7.15. The van der Waals surface area contributed by atoms with E-state index in [9.17, 15) is 14.9 Å². The number of rotatable bonds is 9. The lowest BCUT2D eigenvalue weighted by Crippen LogP contribution is -2.60. The fourth-order valence-electron chi connectivity index (χ4n) is 4.50.